The summed E-state index contributed by atoms with van der Waals surface area (Å²) < 4.78 is 16.4. The fourth-order valence-electron chi connectivity index (χ4n) is 4.42. The minimum Gasteiger partial charge on any atom is -0.339 e. The number of hydrogen-bond acceptors (Lipinski definition) is 4. The number of nitrogens with zero attached hydrogens (tertiary/aromatic N) is 3. The van der Waals surface area contributed by atoms with E-state index in [1.165, 1.54) is 6.07 Å². The van der Waals surface area contributed by atoms with Gasteiger partial charge in [-0.1, -0.05) is 12.1 Å². The third-order valence-electron chi connectivity index (χ3n) is 6.14. The van der Waals surface area contributed by atoms with Crippen LogP contribution in [-0.4, -0.2) is 33.8 Å². The molecule has 7 heteroatoms. The number of amides is 1. The molecule has 1 saturated heterocycles. The van der Waals surface area contributed by atoms with Gasteiger partial charge in [-0.2, -0.15) is 10.4 Å². The maximum absolute atomic E-state index is 14.7. The van der Waals surface area contributed by atoms with E-state index < -0.39 is 6.04 Å². The first-order valence-electron chi connectivity index (χ1n) is 9.69. The highest BCUT2D eigenvalue weighted by Gasteiger charge is 2.43. The minimum atomic E-state index is -0.756. The molecule has 0 spiro atoms. The monoisotopic (exact) mass is 381 g/mol. The number of hydrogen-bond donors (Lipinski definition) is 2. The molecule has 1 aliphatic carbocycles. The quantitative estimate of drug-likeness (QED) is 0.832. The topological polar surface area (TPSA) is 82.7 Å². The second-order valence-corrected chi connectivity index (χ2v) is 7.88. The normalized spacial score (nSPS) is 24.1. The number of nitrogens with one attached hydrogen (secondary N) is 2. The Labute approximate surface area is 163 Å². The Balaban J connectivity index is 1.44. The largest absolute Gasteiger partial charge is 0.339 e. The first-order chi connectivity index (χ1) is 13.5. The van der Waals surface area contributed by atoms with Crippen LogP contribution in [0.4, 0.5) is 4.39 Å². The lowest BCUT2D eigenvalue weighted by Gasteiger charge is -2.23. The Morgan fingerprint density at radius 3 is 2.89 bits per heavy atom. The first kappa shape index (κ1) is 18.6. The number of aromatic nitrogens is 2. The van der Waals surface area contributed by atoms with Crippen LogP contribution in [0.2, 0.25) is 0 Å². The van der Waals surface area contributed by atoms with Gasteiger partial charge >= 0.3 is 0 Å². The Hall–Kier alpha value is -2.72. The molecule has 28 heavy (non-hydrogen) atoms. The summed E-state index contributed by atoms with van der Waals surface area (Å²) in [6.45, 7) is 1.93. The molecule has 146 valence electrons. The van der Waals surface area contributed by atoms with Crippen molar-refractivity contribution in [3.63, 3.8) is 0 Å². The number of benzene rings is 1. The zero-order valence-electron chi connectivity index (χ0n) is 16.1. The maximum atomic E-state index is 14.7. The summed E-state index contributed by atoms with van der Waals surface area (Å²) in [5.41, 5.74) is 2.99. The Morgan fingerprint density at radius 1 is 1.50 bits per heavy atom. The lowest BCUT2D eigenvalue weighted by atomic mass is 9.98. The van der Waals surface area contributed by atoms with E-state index in [1.807, 2.05) is 20.0 Å². The summed E-state index contributed by atoms with van der Waals surface area (Å²) in [6.07, 6.45) is 5.05. The molecule has 2 heterocycles. The average Bonchev–Trinajstić information content (AvgIpc) is 3.40. The molecule has 2 aromatic rings. The van der Waals surface area contributed by atoms with Gasteiger partial charge in [-0.05, 0) is 49.3 Å². The number of nitriles is 1. The number of halogens is 1. The zero-order valence-corrected chi connectivity index (χ0v) is 16.1. The van der Waals surface area contributed by atoms with Crippen molar-refractivity contribution in [2.75, 3.05) is 0 Å². The summed E-state index contributed by atoms with van der Waals surface area (Å²) in [4.78, 5) is 12.5. The molecule has 1 aromatic carbocycles. The number of aryl methyl sites for hydroxylation is 1. The summed E-state index contributed by atoms with van der Waals surface area (Å²) in [7, 11) is 1.84. The lowest BCUT2D eigenvalue weighted by Crippen LogP contribution is -2.50. The van der Waals surface area contributed by atoms with Crippen molar-refractivity contribution in [2.24, 2.45) is 13.0 Å². The van der Waals surface area contributed by atoms with Crippen LogP contribution >= 0.6 is 0 Å². The van der Waals surface area contributed by atoms with Crippen molar-refractivity contribution in [3.05, 3.63) is 41.5 Å². The fraction of sp³-hybridized carbons (Fsp3) is 0.476. The molecule has 4 rings (SSSR count). The van der Waals surface area contributed by atoms with E-state index in [0.29, 0.717) is 17.5 Å². The van der Waals surface area contributed by atoms with E-state index in [1.54, 1.807) is 16.9 Å². The van der Waals surface area contributed by atoms with Gasteiger partial charge in [-0.15, -0.1) is 0 Å². The molecule has 2 aliphatic rings. The third kappa shape index (κ3) is 3.40. The van der Waals surface area contributed by atoms with E-state index in [9.17, 15) is 14.4 Å². The van der Waals surface area contributed by atoms with E-state index in [-0.39, 0.29) is 24.2 Å². The fourth-order valence-corrected chi connectivity index (χ4v) is 4.42. The van der Waals surface area contributed by atoms with Gasteiger partial charge in [-0.25, -0.2) is 4.39 Å². The smallest absolute Gasteiger partial charge is 0.238 e. The molecule has 1 saturated carbocycles. The van der Waals surface area contributed by atoms with Crippen LogP contribution in [0.3, 0.4) is 0 Å². The number of rotatable bonds is 5. The first-order valence-corrected chi connectivity index (χ1v) is 9.69. The second kappa shape index (κ2) is 7.36. The van der Waals surface area contributed by atoms with Crippen LogP contribution in [0, 0.1) is 30.0 Å². The van der Waals surface area contributed by atoms with Crippen molar-refractivity contribution < 1.29 is 9.18 Å². The van der Waals surface area contributed by atoms with Crippen molar-refractivity contribution in [1.82, 2.24) is 20.4 Å². The highest BCUT2D eigenvalue weighted by Crippen LogP contribution is 2.35. The predicted octanol–water partition coefficient (Wildman–Crippen LogP) is 2.23. The summed E-state index contributed by atoms with van der Waals surface area (Å²) in [5.74, 6) is -0.182. The molecule has 2 fully saturated rings. The maximum Gasteiger partial charge on any atom is 0.238 e. The van der Waals surface area contributed by atoms with Gasteiger partial charge in [0.2, 0.25) is 5.91 Å². The predicted molar refractivity (Wildman–Crippen MR) is 103 cm³/mol. The summed E-state index contributed by atoms with van der Waals surface area (Å²) >= 11 is 0. The van der Waals surface area contributed by atoms with Gasteiger partial charge < -0.3 is 10.6 Å². The highest BCUT2D eigenvalue weighted by molar-refractivity contribution is 5.83. The molecule has 6 nitrogen and oxygen atoms in total. The highest BCUT2D eigenvalue weighted by atomic mass is 19.1. The molecule has 2 unspecified atom stereocenters. The van der Waals surface area contributed by atoms with Crippen molar-refractivity contribution >= 4 is 5.91 Å². The van der Waals surface area contributed by atoms with Crippen molar-refractivity contribution in [2.45, 2.75) is 50.7 Å². The van der Waals surface area contributed by atoms with Crippen LogP contribution in [0.1, 0.15) is 30.5 Å². The minimum absolute atomic E-state index is 0.140. The Morgan fingerprint density at radius 2 is 2.32 bits per heavy atom. The lowest BCUT2D eigenvalue weighted by molar-refractivity contribution is -0.124. The van der Waals surface area contributed by atoms with Crippen LogP contribution in [0.15, 0.2) is 24.4 Å². The number of fused-ring (bicyclic) bond motifs is 2. The SMILES string of the molecule is Cc1c(-c2ccc(CC(C#N)NC(=O)[C@H]3N[C@@H]4CCC3C4)c(F)c2)cnn1C. The van der Waals surface area contributed by atoms with E-state index in [0.717, 1.165) is 36.1 Å². The zero-order chi connectivity index (χ0) is 19.8. The van der Waals surface area contributed by atoms with Crippen LogP contribution in [-0.2, 0) is 18.3 Å². The van der Waals surface area contributed by atoms with Gasteiger partial charge in [0.15, 0.2) is 0 Å². The van der Waals surface area contributed by atoms with Crippen molar-refractivity contribution in [3.8, 4) is 17.2 Å². The molecule has 1 amide bonds. The van der Waals surface area contributed by atoms with Gasteiger partial charge in [0.1, 0.15) is 11.9 Å². The van der Waals surface area contributed by atoms with Gasteiger partial charge in [0, 0.05) is 30.8 Å². The van der Waals surface area contributed by atoms with Gasteiger partial charge in [0.25, 0.3) is 0 Å². The van der Waals surface area contributed by atoms with E-state index >= 15 is 0 Å². The third-order valence-corrected chi connectivity index (χ3v) is 6.14. The molecule has 1 aromatic heterocycles. The van der Waals surface area contributed by atoms with Crippen molar-refractivity contribution in [1.29, 1.82) is 5.26 Å². The van der Waals surface area contributed by atoms with Crippen LogP contribution in [0.5, 0.6) is 0 Å². The molecule has 2 bridgehead atoms. The molecular formula is C21H24FN5O. The van der Waals surface area contributed by atoms with Gasteiger partial charge in [0.05, 0.1) is 18.3 Å². The van der Waals surface area contributed by atoms with E-state index in [2.05, 4.69) is 21.8 Å². The molecule has 2 N–H and O–H groups in total. The summed E-state index contributed by atoms with van der Waals surface area (Å²) in [5, 5.41) is 19.8. The second-order valence-electron chi connectivity index (χ2n) is 7.88. The van der Waals surface area contributed by atoms with Gasteiger partial charge in [-0.3, -0.25) is 9.48 Å². The van der Waals surface area contributed by atoms with Crippen LogP contribution in [0.25, 0.3) is 11.1 Å². The standard InChI is InChI=1S/C21H24FN5O/c1-12-18(11-24-27(12)2)13-3-4-14(19(22)9-13)7-17(10-23)26-21(28)20-15-5-6-16(8-15)25-20/h3-4,9,11,15-17,20,25H,5-8H2,1-2H3,(H,26,28)/t15?,16-,17?,20+/m1/s1. The number of carbonyl (C=O) groups is 1. The number of carbonyl (C=O) groups excluding carboxylic acids is 1. The van der Waals surface area contributed by atoms with E-state index in [4.69, 9.17) is 0 Å². The molecule has 4 atom stereocenters. The summed E-state index contributed by atoms with van der Waals surface area (Å²) in [6, 6.07) is 6.51. The molecule has 1 aliphatic heterocycles. The molecule has 0 radical (unpaired) electrons. The number of piperidine rings is 1. The Kier molecular flexibility index (Phi) is 4.90. The Bertz CT molecular complexity index is 947. The molecular weight excluding hydrogens is 357 g/mol. The van der Waals surface area contributed by atoms with Crippen LogP contribution < -0.4 is 10.6 Å². The average molecular weight is 381 g/mol.